The van der Waals surface area contributed by atoms with Gasteiger partial charge in [-0.25, -0.2) is 49.1 Å². The van der Waals surface area contributed by atoms with Crippen molar-refractivity contribution in [2.75, 3.05) is 86.1 Å². The van der Waals surface area contributed by atoms with Gasteiger partial charge in [0.15, 0.2) is 22.3 Å². The molecule has 4 unspecified atom stereocenters. The number of nitrogens with two attached hydrogens (primary N) is 3. The molecule has 1 aliphatic rings. The zero-order valence-corrected chi connectivity index (χ0v) is 68.5. The molecule has 6 aromatic heterocycles. The molecule has 122 heavy (non-hydrogen) atoms. The summed E-state index contributed by atoms with van der Waals surface area (Å²) in [6.07, 6.45) is 5.56. The number of alkyl carbamates (subject to hydrolysis) is 1. The number of nitrogen functional groups attached to an aromatic ring is 2. The van der Waals surface area contributed by atoms with Crippen LogP contribution in [-0.2, 0) is 65.8 Å². The van der Waals surface area contributed by atoms with E-state index in [0.717, 1.165) is 34.6 Å². The topological polar surface area (TPSA) is 678 Å². The summed E-state index contributed by atoms with van der Waals surface area (Å²) in [6.45, 7) is 3.68. The molecule has 44 nitrogen and oxygen atoms in total. The van der Waals surface area contributed by atoms with Gasteiger partial charge in [0.05, 0.1) is 60.9 Å². The number of hydrogen-bond donors (Lipinski definition) is 16. The Balaban J connectivity index is 0.000000273. The second-order valence-electron chi connectivity index (χ2n) is 25.8. The Morgan fingerprint density at radius 2 is 0.959 bits per heavy atom. The largest absolute Gasteiger partial charge is 0.548 e. The summed E-state index contributed by atoms with van der Waals surface area (Å²) in [4.78, 5) is 209. The number of aromatic amines is 2. The van der Waals surface area contributed by atoms with E-state index in [-0.39, 0.29) is 123 Å². The Kier molecular flexibility index (Phi) is 41.2. The molecule has 7 amide bonds. The van der Waals surface area contributed by atoms with Crippen molar-refractivity contribution < 1.29 is 92.3 Å². The first kappa shape index (κ1) is 96.2. The molecule has 0 bridgehead atoms. The van der Waals surface area contributed by atoms with Crippen LogP contribution in [0.2, 0.25) is 0 Å². The van der Waals surface area contributed by atoms with E-state index in [9.17, 15) is 87.5 Å². The smallest absolute Gasteiger partial charge is 0.534 e. The highest BCUT2D eigenvalue weighted by Crippen LogP contribution is 2.29. The van der Waals surface area contributed by atoms with Gasteiger partial charge in [-0.2, -0.15) is 9.97 Å². The molecule has 0 spiro atoms. The van der Waals surface area contributed by atoms with Gasteiger partial charge in [-0.1, -0.05) is 38.8 Å². The number of unbranched alkanes of at least 4 members (excludes halogenated alkanes) is 2. The number of aliphatic carboxylic acids is 4. The van der Waals surface area contributed by atoms with Crippen LogP contribution in [0, 0.1) is 0 Å². The second kappa shape index (κ2) is 52.2. The SMILES string of the molecule is NCCCCC(NC(=O)CCC(NC(=O)c1ccc(NCc2cnc3nc(N)[nH]c(=O)c3n2)cc1)C(=O)[O-])C(=O)O.Nc1nc2ncc(CNc3ccc(C(=O)NC(CCC(=O)NC(CCCCNC(=O)OCCNCCSSc4ccccn4)C(=O)O)C(=O)[O-])cc3)nc2c(=O)[nH]1.O=C(OCCNCCSSc1ccccn1)ON1C(=O)CCC1=O. The van der Waals surface area contributed by atoms with Crippen LogP contribution in [-0.4, -0.2) is 225 Å². The molecule has 9 rings (SSSR count). The fourth-order valence-electron chi connectivity index (χ4n) is 10.4. The third-order valence-corrected chi connectivity index (χ3v) is 21.1. The number of benzene rings is 2. The molecule has 1 saturated heterocycles. The average Bonchev–Trinajstić information content (AvgIpc) is 0.911. The second-order valence-corrected chi connectivity index (χ2v) is 30.6. The summed E-state index contributed by atoms with van der Waals surface area (Å²) in [5.41, 5.74) is 18.0. The van der Waals surface area contributed by atoms with Gasteiger partial charge in [0.1, 0.15) is 35.3 Å². The van der Waals surface area contributed by atoms with E-state index in [2.05, 4.69) is 103 Å². The fourth-order valence-corrected chi connectivity index (χ4v) is 14.1. The molecule has 4 atom stereocenters. The van der Waals surface area contributed by atoms with Crippen LogP contribution in [0.1, 0.15) is 109 Å². The Morgan fingerprint density at radius 3 is 1.38 bits per heavy atom. The van der Waals surface area contributed by atoms with E-state index < -0.39 is 113 Å². The summed E-state index contributed by atoms with van der Waals surface area (Å²) in [5.74, 6) is -8.02. The van der Waals surface area contributed by atoms with Gasteiger partial charge in [0.2, 0.25) is 23.7 Å². The predicted octanol–water partition coefficient (Wildman–Crippen LogP) is 0.290. The van der Waals surface area contributed by atoms with Crippen LogP contribution < -0.4 is 86.4 Å². The van der Waals surface area contributed by atoms with Crippen molar-refractivity contribution in [2.45, 2.75) is 124 Å². The van der Waals surface area contributed by atoms with Crippen LogP contribution in [0.15, 0.2) is 129 Å². The molecule has 1 aliphatic heterocycles. The number of imide groups is 1. The van der Waals surface area contributed by atoms with E-state index in [1.807, 2.05) is 36.4 Å². The van der Waals surface area contributed by atoms with Crippen molar-refractivity contribution in [3.8, 4) is 0 Å². The maximum Gasteiger partial charge on any atom is 0.534 e. The molecule has 1 fully saturated rings. The van der Waals surface area contributed by atoms with Crippen LogP contribution in [0.5, 0.6) is 0 Å². The van der Waals surface area contributed by atoms with Gasteiger partial charge >= 0.3 is 24.2 Å². The molecule has 652 valence electrons. The van der Waals surface area contributed by atoms with E-state index in [1.165, 1.54) is 36.7 Å². The van der Waals surface area contributed by atoms with Crippen molar-refractivity contribution in [3.05, 3.63) is 153 Å². The number of anilines is 4. The number of fused-ring (bicyclic) bond motifs is 2. The minimum atomic E-state index is -1.62. The maximum atomic E-state index is 12.8. The van der Waals surface area contributed by atoms with Crippen molar-refractivity contribution >= 4 is 160 Å². The van der Waals surface area contributed by atoms with E-state index >= 15 is 0 Å². The standard InChI is InChI=1S/C35H43N11O9S2.C25H31N9O7.C14H17N3O5S2/c36-34-45-29-28(31(49)46-34)42-23(20-41-29)19-40-22-9-7-21(8-10-22)30(48)44-25(33(52)53)11-12-26(47)43-24(32(50)51)5-1-3-14-39-35(54)55-17-15-37-16-18-56-57-27-6-2-4-13-38-27;26-10-2-1-3-16(23(38)39)31-18(35)9-8-17(24(40)41)32-21(36)13-4-6-14(7-5-13)28-11-15-12-29-20-19(30-15)22(37)34-25(27)33-20;18-12-4-5-13(19)17(12)22-14(20)21-9-7-15-8-10-23-24-11-3-1-2-6-16-11/h2,4,6-10,13,20,24-25,37,40H,1,3,5,11-12,14-19H2,(H,39,54)(H,43,47)(H,44,48)(H,50,51)(H,52,53)(H3,36,41,45,46,49);4-7,12,16-17,28H,1-3,8-11,26H2,(H,31,35)(H,32,36)(H,38,39)(H,40,41)(H3,27,29,33,34,37);1-3,6,15H,4-5,7-10H2/p-2. The molecule has 48 heteroatoms. The number of nitrogens with zero attached hydrogens (tertiary/aromatic N) is 9. The lowest BCUT2D eigenvalue weighted by atomic mass is 10.1. The Hall–Kier alpha value is -12.9. The highest BCUT2D eigenvalue weighted by molar-refractivity contribution is 8.77. The molecular weight excluding hydrogens is 1680 g/mol. The molecule has 19 N–H and O–H groups in total. The van der Waals surface area contributed by atoms with Gasteiger partial charge in [-0.15, -0.1) is 0 Å². The Bertz CT molecular complexity index is 4940. The lowest BCUT2D eigenvalue weighted by Crippen LogP contribution is -2.49. The molecule has 2 aromatic carbocycles. The number of amides is 7. The molecule has 0 aliphatic carbocycles. The van der Waals surface area contributed by atoms with Crippen molar-refractivity contribution in [3.63, 3.8) is 0 Å². The van der Waals surface area contributed by atoms with Crippen LogP contribution in [0.4, 0.5) is 32.9 Å². The zero-order valence-electron chi connectivity index (χ0n) is 65.2. The summed E-state index contributed by atoms with van der Waals surface area (Å²) >= 11 is 0. The number of ether oxygens (including phenoxy) is 2. The van der Waals surface area contributed by atoms with Gasteiger partial charge in [0, 0.05) is 105 Å². The summed E-state index contributed by atoms with van der Waals surface area (Å²) < 4.78 is 9.90. The normalized spacial score (nSPS) is 12.5. The minimum absolute atomic E-state index is 0.0244. The molecule has 8 aromatic rings. The first-order valence-electron chi connectivity index (χ1n) is 37.6. The van der Waals surface area contributed by atoms with Crippen LogP contribution >= 0.6 is 43.2 Å². The number of hydroxylamine groups is 2. The van der Waals surface area contributed by atoms with E-state index in [0.29, 0.717) is 73.1 Å². The summed E-state index contributed by atoms with van der Waals surface area (Å²) in [6, 6.07) is 18.2. The van der Waals surface area contributed by atoms with E-state index in [4.69, 9.17) is 26.7 Å². The predicted molar refractivity (Wildman–Crippen MR) is 443 cm³/mol. The minimum Gasteiger partial charge on any atom is -0.548 e. The van der Waals surface area contributed by atoms with Crippen LogP contribution in [0.3, 0.4) is 0 Å². The highest BCUT2D eigenvalue weighted by Gasteiger charge is 2.34. The Morgan fingerprint density at radius 1 is 0.516 bits per heavy atom. The molecule has 0 radical (unpaired) electrons. The van der Waals surface area contributed by atoms with E-state index in [1.54, 1.807) is 79.8 Å². The number of hydrogen-bond acceptors (Lipinski definition) is 38. The Labute approximate surface area is 710 Å². The first-order valence-corrected chi connectivity index (χ1v) is 42.3. The number of carbonyl (C=O) groups excluding carboxylic acids is 10. The molecular formula is C74H89N23O21S4-2. The molecule has 0 saturated carbocycles. The van der Waals surface area contributed by atoms with Gasteiger partial charge in [-0.3, -0.25) is 53.2 Å². The summed E-state index contributed by atoms with van der Waals surface area (Å²) in [5, 5.41) is 68.9. The number of carbonyl (C=O) groups is 12. The summed E-state index contributed by atoms with van der Waals surface area (Å²) in [7, 11) is 6.52. The number of H-pyrrole nitrogens is 2. The fraction of sp³-hybridized carbons (Fsp3) is 0.378. The monoisotopic (exact) mass is 1760 g/mol. The lowest BCUT2D eigenvalue weighted by Gasteiger charge is -2.20. The number of aromatic nitrogens is 10. The van der Waals surface area contributed by atoms with Crippen LogP contribution in [0.25, 0.3) is 22.3 Å². The number of carboxylic acids is 4. The maximum absolute atomic E-state index is 12.8. The lowest BCUT2D eigenvalue weighted by molar-refractivity contribution is -0.309. The number of carboxylic acid groups (broad SMARTS) is 4. The number of pyridine rings is 2. The quantitative estimate of drug-likeness (QED) is 0.0105. The highest BCUT2D eigenvalue weighted by atomic mass is 33.1. The van der Waals surface area contributed by atoms with Crippen molar-refractivity contribution in [1.82, 2.24) is 92.1 Å². The van der Waals surface area contributed by atoms with Gasteiger partial charge in [-0.05, 0) is 152 Å². The third kappa shape index (κ3) is 35.2. The zero-order chi connectivity index (χ0) is 88.1. The number of rotatable bonds is 48. The van der Waals surface area contributed by atoms with Crippen molar-refractivity contribution in [1.29, 1.82) is 0 Å². The first-order chi connectivity index (χ1) is 58.7. The molecule has 7 heterocycles. The number of nitrogens with one attached hydrogen (secondary N) is 11. The van der Waals surface area contributed by atoms with Gasteiger partial charge < -0.3 is 105 Å². The third-order valence-electron chi connectivity index (χ3n) is 16.6. The van der Waals surface area contributed by atoms with Gasteiger partial charge in [0.25, 0.3) is 34.7 Å². The van der Waals surface area contributed by atoms with Crippen molar-refractivity contribution in [2.24, 2.45) is 5.73 Å². The average molecular weight is 1760 g/mol.